The molecule has 0 spiro atoms. The summed E-state index contributed by atoms with van der Waals surface area (Å²) in [5.74, 6) is 0.470. The third-order valence-electron chi connectivity index (χ3n) is 2.23. The molecule has 0 saturated carbocycles. The largest absolute Gasteiger partial charge is 0.384 e. The molecule has 0 aromatic rings. The summed E-state index contributed by atoms with van der Waals surface area (Å²) in [4.78, 5) is 0.311. The fraction of sp³-hybridized carbons (Fsp3) is 0.500. The fourth-order valence-electron chi connectivity index (χ4n) is 1.01. The highest BCUT2D eigenvalue weighted by molar-refractivity contribution is 7.90. The molecule has 1 heterocycles. The second-order valence-corrected chi connectivity index (χ2v) is 4.59. The van der Waals surface area contributed by atoms with Crippen molar-refractivity contribution in [3.63, 3.8) is 0 Å². The van der Waals surface area contributed by atoms with E-state index < -0.39 is 10.1 Å². The van der Waals surface area contributed by atoms with Crippen molar-refractivity contribution in [1.29, 1.82) is 0 Å². The summed E-state index contributed by atoms with van der Waals surface area (Å²) in [6.45, 7) is 6.85. The van der Waals surface area contributed by atoms with Crippen LogP contribution in [0.1, 0.15) is 27.7 Å². The van der Waals surface area contributed by atoms with Gasteiger partial charge >= 0.3 is 10.1 Å². The molecule has 3 nitrogen and oxygen atoms in total. The summed E-state index contributed by atoms with van der Waals surface area (Å²) in [7, 11) is -3.47. The van der Waals surface area contributed by atoms with Crippen LogP contribution in [0, 0.1) is 0 Å². The van der Waals surface area contributed by atoms with Gasteiger partial charge in [0.25, 0.3) is 0 Å². The minimum atomic E-state index is -3.47. The van der Waals surface area contributed by atoms with Gasteiger partial charge in [-0.1, -0.05) is 0 Å². The summed E-state index contributed by atoms with van der Waals surface area (Å²) in [5, 5.41) is 0. The summed E-state index contributed by atoms with van der Waals surface area (Å²) in [6, 6.07) is 0. The summed E-state index contributed by atoms with van der Waals surface area (Å²) >= 11 is 0. The Hall–Kier alpha value is -0.770. The van der Waals surface area contributed by atoms with E-state index in [2.05, 4.69) is 0 Å². The van der Waals surface area contributed by atoms with Gasteiger partial charge in [-0.2, -0.15) is 8.42 Å². The van der Waals surface area contributed by atoms with Crippen molar-refractivity contribution in [3.8, 4) is 0 Å². The molecule has 0 aliphatic carbocycles. The van der Waals surface area contributed by atoms with Crippen molar-refractivity contribution < 1.29 is 12.6 Å². The van der Waals surface area contributed by atoms with E-state index in [1.807, 2.05) is 6.92 Å². The predicted octanol–water partition coefficient (Wildman–Crippen LogP) is 1.93. The molecule has 0 unspecified atom stereocenters. The van der Waals surface area contributed by atoms with Gasteiger partial charge in [0.2, 0.25) is 0 Å². The van der Waals surface area contributed by atoms with Crippen LogP contribution in [-0.2, 0) is 14.3 Å². The molecule has 0 bridgehead atoms. The molecule has 4 heteroatoms. The quantitative estimate of drug-likeness (QED) is 0.545. The molecule has 12 heavy (non-hydrogen) atoms. The number of hydrogen-bond acceptors (Lipinski definition) is 3. The van der Waals surface area contributed by atoms with E-state index in [1.165, 1.54) is 0 Å². The molecule has 0 aromatic heterocycles. The van der Waals surface area contributed by atoms with Crippen molar-refractivity contribution in [2.45, 2.75) is 27.7 Å². The van der Waals surface area contributed by atoms with Crippen molar-refractivity contribution in [3.05, 3.63) is 21.8 Å². The first-order valence-corrected chi connectivity index (χ1v) is 5.07. The molecule has 0 N–H and O–H groups in total. The van der Waals surface area contributed by atoms with Crippen LogP contribution in [-0.4, -0.2) is 8.42 Å². The highest BCUT2D eigenvalue weighted by atomic mass is 32.2. The standard InChI is InChI=1S/C8H12O3S/c1-5-6(2)8(4)12(9,10)11-7(5)3/h1-4H3. The van der Waals surface area contributed by atoms with Crippen LogP contribution >= 0.6 is 0 Å². The van der Waals surface area contributed by atoms with Gasteiger partial charge in [0.1, 0.15) is 5.76 Å². The van der Waals surface area contributed by atoms with Crippen LogP contribution in [0.5, 0.6) is 0 Å². The maximum absolute atomic E-state index is 11.2. The molecule has 0 atom stereocenters. The minimum absolute atomic E-state index is 0.311. The predicted molar refractivity (Wildman–Crippen MR) is 46.8 cm³/mol. The minimum Gasteiger partial charge on any atom is -0.384 e. The monoisotopic (exact) mass is 188 g/mol. The highest BCUT2D eigenvalue weighted by Crippen LogP contribution is 2.29. The lowest BCUT2D eigenvalue weighted by Crippen LogP contribution is -2.13. The van der Waals surface area contributed by atoms with Crippen molar-refractivity contribution in [2.24, 2.45) is 0 Å². The molecular weight excluding hydrogens is 176 g/mol. The number of rotatable bonds is 0. The molecular formula is C8H12O3S. The Balaban J connectivity index is 3.40. The summed E-state index contributed by atoms with van der Waals surface area (Å²) < 4.78 is 27.2. The Bertz CT molecular complexity index is 371. The highest BCUT2D eigenvalue weighted by Gasteiger charge is 2.24. The Kier molecular flexibility index (Phi) is 2.04. The van der Waals surface area contributed by atoms with Crippen LogP contribution in [0.2, 0.25) is 0 Å². The SMILES string of the molecule is CC1=C(C)C(C)=C(C)S(=O)(=O)O1. The van der Waals surface area contributed by atoms with Crippen LogP contribution < -0.4 is 0 Å². The summed E-state index contributed by atoms with van der Waals surface area (Å²) in [6.07, 6.45) is 0. The maximum Gasteiger partial charge on any atom is 0.334 e. The molecule has 1 aliphatic heterocycles. The Morgan fingerprint density at radius 1 is 1.00 bits per heavy atom. The van der Waals surface area contributed by atoms with Gasteiger partial charge in [-0.3, -0.25) is 0 Å². The molecule has 0 fully saturated rings. The molecule has 0 saturated heterocycles. The van der Waals surface area contributed by atoms with E-state index in [1.54, 1.807) is 20.8 Å². The second-order valence-electron chi connectivity index (χ2n) is 2.90. The van der Waals surface area contributed by atoms with Crippen molar-refractivity contribution in [1.82, 2.24) is 0 Å². The molecule has 0 aromatic carbocycles. The van der Waals surface area contributed by atoms with Gasteiger partial charge < -0.3 is 4.18 Å². The van der Waals surface area contributed by atoms with E-state index in [4.69, 9.17) is 4.18 Å². The molecule has 0 amide bonds. The Labute approximate surface area is 72.9 Å². The third-order valence-corrected chi connectivity index (χ3v) is 3.75. The fourth-order valence-corrected chi connectivity index (χ4v) is 2.11. The average molecular weight is 188 g/mol. The zero-order valence-corrected chi connectivity index (χ0v) is 8.45. The van der Waals surface area contributed by atoms with E-state index >= 15 is 0 Å². The Morgan fingerprint density at radius 2 is 1.50 bits per heavy atom. The van der Waals surface area contributed by atoms with Crippen LogP contribution in [0.3, 0.4) is 0 Å². The second kappa shape index (κ2) is 2.62. The summed E-state index contributed by atoms with van der Waals surface area (Å²) in [5.41, 5.74) is 1.70. The van der Waals surface area contributed by atoms with Gasteiger partial charge in [0.05, 0.1) is 4.91 Å². The van der Waals surface area contributed by atoms with E-state index in [9.17, 15) is 8.42 Å². The molecule has 68 valence electrons. The smallest absolute Gasteiger partial charge is 0.334 e. The Morgan fingerprint density at radius 3 is 2.00 bits per heavy atom. The van der Waals surface area contributed by atoms with Crippen molar-refractivity contribution >= 4 is 10.1 Å². The van der Waals surface area contributed by atoms with Crippen molar-refractivity contribution in [2.75, 3.05) is 0 Å². The van der Waals surface area contributed by atoms with E-state index in [0.29, 0.717) is 10.7 Å². The molecule has 1 rings (SSSR count). The third kappa shape index (κ3) is 1.27. The van der Waals surface area contributed by atoms with Gasteiger partial charge in [0, 0.05) is 0 Å². The topological polar surface area (TPSA) is 43.4 Å². The van der Waals surface area contributed by atoms with E-state index in [-0.39, 0.29) is 0 Å². The first-order chi connectivity index (χ1) is 5.36. The lowest BCUT2D eigenvalue weighted by Gasteiger charge is -2.18. The molecule has 1 aliphatic rings. The van der Waals surface area contributed by atoms with Gasteiger partial charge in [-0.15, -0.1) is 0 Å². The van der Waals surface area contributed by atoms with Gasteiger partial charge in [-0.25, -0.2) is 0 Å². The van der Waals surface area contributed by atoms with E-state index in [0.717, 1.165) is 11.1 Å². The van der Waals surface area contributed by atoms with Crippen LogP contribution in [0.15, 0.2) is 21.8 Å². The first-order valence-electron chi connectivity index (χ1n) is 3.66. The average Bonchev–Trinajstić information content (AvgIpc) is 1.97. The normalized spacial score (nSPS) is 22.7. The van der Waals surface area contributed by atoms with Gasteiger partial charge in [0.15, 0.2) is 0 Å². The van der Waals surface area contributed by atoms with Crippen LogP contribution in [0.25, 0.3) is 0 Å². The number of hydrogen-bond donors (Lipinski definition) is 0. The number of allylic oxidation sites excluding steroid dienone is 4. The lowest BCUT2D eigenvalue weighted by atomic mass is 10.1. The first kappa shape index (κ1) is 9.32. The lowest BCUT2D eigenvalue weighted by molar-refractivity contribution is 0.405. The van der Waals surface area contributed by atoms with Gasteiger partial charge in [-0.05, 0) is 38.8 Å². The zero-order chi connectivity index (χ0) is 9.52. The zero-order valence-electron chi connectivity index (χ0n) is 7.63. The van der Waals surface area contributed by atoms with Crippen LogP contribution in [0.4, 0.5) is 0 Å². The maximum atomic E-state index is 11.2. The molecule has 0 radical (unpaired) electrons.